The molecule has 0 spiro atoms. The van der Waals surface area contributed by atoms with Gasteiger partial charge in [0.2, 0.25) is 0 Å². The van der Waals surface area contributed by atoms with Crippen molar-refractivity contribution < 1.29 is 9.18 Å². The predicted molar refractivity (Wildman–Crippen MR) is 106 cm³/mol. The minimum absolute atomic E-state index is 0.0292. The highest BCUT2D eigenvalue weighted by Crippen LogP contribution is 2.25. The smallest absolute Gasteiger partial charge is 0.271 e. The van der Waals surface area contributed by atoms with Crippen LogP contribution in [0.15, 0.2) is 35.8 Å². The monoisotopic (exact) mass is 386 g/mol. The first-order chi connectivity index (χ1) is 13.0. The molecule has 0 N–H and O–H groups in total. The summed E-state index contributed by atoms with van der Waals surface area (Å²) in [6.07, 6.45) is 2.96. The van der Waals surface area contributed by atoms with Gasteiger partial charge in [-0.1, -0.05) is 12.1 Å². The van der Waals surface area contributed by atoms with Crippen molar-refractivity contribution in [3.63, 3.8) is 0 Å². The largest absolute Gasteiger partial charge is 0.337 e. The van der Waals surface area contributed by atoms with E-state index in [0.29, 0.717) is 29.4 Å². The molecule has 4 rings (SSSR count). The van der Waals surface area contributed by atoms with E-state index in [2.05, 4.69) is 16.9 Å². The fourth-order valence-electron chi connectivity index (χ4n) is 3.73. The Bertz CT molecular complexity index is 966. The fraction of sp³-hybridized carbons (Fsp3) is 0.400. The van der Waals surface area contributed by atoms with Crippen LogP contribution >= 0.6 is 11.3 Å². The first-order valence-electron chi connectivity index (χ1n) is 9.25. The van der Waals surface area contributed by atoms with E-state index >= 15 is 0 Å². The summed E-state index contributed by atoms with van der Waals surface area (Å²) in [4.78, 5) is 22.7. The molecule has 1 atom stereocenters. The van der Waals surface area contributed by atoms with Crippen molar-refractivity contribution in [2.24, 2.45) is 5.92 Å². The Morgan fingerprint density at radius 1 is 1.44 bits per heavy atom. The molecular weight excluding hydrogens is 363 g/mol. The highest BCUT2D eigenvalue weighted by molar-refractivity contribution is 7.15. The summed E-state index contributed by atoms with van der Waals surface area (Å²) in [7, 11) is 2.12. The van der Waals surface area contributed by atoms with Gasteiger partial charge in [0.15, 0.2) is 4.96 Å². The summed E-state index contributed by atoms with van der Waals surface area (Å²) in [5.74, 6) is 0.263. The molecule has 0 unspecified atom stereocenters. The number of halogens is 1. The van der Waals surface area contributed by atoms with E-state index in [1.54, 1.807) is 6.07 Å². The number of carbonyl (C=O) groups excluding carboxylic acids is 1. The third-order valence-electron chi connectivity index (χ3n) is 5.19. The van der Waals surface area contributed by atoms with Crippen molar-refractivity contribution in [3.8, 4) is 11.3 Å². The molecular formula is C20H23FN4OS. The van der Waals surface area contributed by atoms with Crippen LogP contribution in [0.5, 0.6) is 0 Å². The zero-order chi connectivity index (χ0) is 19.0. The lowest BCUT2D eigenvalue weighted by molar-refractivity contribution is 0.0733. The topological polar surface area (TPSA) is 40.8 Å². The number of imidazole rings is 1. The number of hydrogen-bond acceptors (Lipinski definition) is 4. The molecule has 1 fully saturated rings. The van der Waals surface area contributed by atoms with Crippen molar-refractivity contribution in [1.29, 1.82) is 0 Å². The lowest BCUT2D eigenvalue weighted by atomic mass is 10.1. The quantitative estimate of drug-likeness (QED) is 0.673. The highest BCUT2D eigenvalue weighted by Gasteiger charge is 2.26. The van der Waals surface area contributed by atoms with Crippen LogP contribution in [0.25, 0.3) is 16.2 Å². The summed E-state index contributed by atoms with van der Waals surface area (Å²) < 4.78 is 15.3. The number of benzene rings is 1. The Morgan fingerprint density at radius 2 is 2.30 bits per heavy atom. The van der Waals surface area contributed by atoms with Crippen LogP contribution in [-0.4, -0.2) is 58.3 Å². The first-order valence-corrected chi connectivity index (χ1v) is 10.1. The average Bonchev–Trinajstić information content (AvgIpc) is 3.34. The Morgan fingerprint density at radius 3 is 3.00 bits per heavy atom. The van der Waals surface area contributed by atoms with E-state index in [1.807, 2.05) is 33.9 Å². The van der Waals surface area contributed by atoms with Gasteiger partial charge < -0.3 is 9.80 Å². The summed E-state index contributed by atoms with van der Waals surface area (Å²) >= 11 is 1.44. The molecule has 7 heteroatoms. The first kappa shape index (κ1) is 18.1. The van der Waals surface area contributed by atoms with Crippen LogP contribution in [-0.2, 0) is 0 Å². The average molecular weight is 386 g/mol. The van der Waals surface area contributed by atoms with Gasteiger partial charge >= 0.3 is 0 Å². The summed E-state index contributed by atoms with van der Waals surface area (Å²) in [6.45, 7) is 5.62. The molecule has 3 aromatic rings. The van der Waals surface area contributed by atoms with E-state index < -0.39 is 0 Å². The zero-order valence-electron chi connectivity index (χ0n) is 15.6. The summed E-state index contributed by atoms with van der Waals surface area (Å²) in [6, 6.07) is 6.37. The maximum absolute atomic E-state index is 13.5. The van der Waals surface area contributed by atoms with Crippen molar-refractivity contribution in [2.75, 3.05) is 33.2 Å². The molecule has 2 aromatic heterocycles. The van der Waals surface area contributed by atoms with Gasteiger partial charge in [-0.2, -0.15) is 0 Å². The van der Waals surface area contributed by atoms with Crippen molar-refractivity contribution in [1.82, 2.24) is 19.2 Å². The second kappa shape index (κ2) is 7.40. The summed E-state index contributed by atoms with van der Waals surface area (Å²) in [5.41, 5.74) is 2.01. The molecule has 1 aliphatic heterocycles. The van der Waals surface area contributed by atoms with E-state index in [4.69, 9.17) is 0 Å². The van der Waals surface area contributed by atoms with Crippen LogP contribution < -0.4 is 0 Å². The molecule has 142 valence electrons. The molecule has 1 aromatic carbocycles. The molecule has 1 amide bonds. The summed E-state index contributed by atoms with van der Waals surface area (Å²) in [5, 5.41) is 1.86. The number of amides is 1. The maximum atomic E-state index is 13.5. The van der Waals surface area contributed by atoms with Crippen molar-refractivity contribution in [3.05, 3.63) is 47.4 Å². The number of fused-ring (bicyclic) bond motifs is 1. The second-order valence-electron chi connectivity index (χ2n) is 7.17. The molecule has 1 saturated heterocycles. The minimum Gasteiger partial charge on any atom is -0.337 e. The standard InChI is InChI=1S/C20H23FN4OS/c1-3-24(11-14-7-8-23(2)10-14)19(26)18-13-27-20-22-17(12-25(18)20)15-5-4-6-16(21)9-15/h4-6,9,12-14H,3,7-8,10-11H2,1-2H3/t14-/m0/s1. The molecule has 0 radical (unpaired) electrons. The van der Waals surface area contributed by atoms with E-state index in [1.165, 1.54) is 23.5 Å². The normalized spacial score (nSPS) is 17.7. The lowest BCUT2D eigenvalue weighted by Gasteiger charge is -2.24. The van der Waals surface area contributed by atoms with Crippen molar-refractivity contribution in [2.45, 2.75) is 13.3 Å². The highest BCUT2D eigenvalue weighted by atomic mass is 32.1. The molecule has 0 bridgehead atoms. The fourth-order valence-corrected chi connectivity index (χ4v) is 4.58. The third-order valence-corrected chi connectivity index (χ3v) is 6.02. The second-order valence-corrected chi connectivity index (χ2v) is 8.01. The molecule has 5 nitrogen and oxygen atoms in total. The number of hydrogen-bond donors (Lipinski definition) is 0. The maximum Gasteiger partial charge on any atom is 0.271 e. The molecule has 27 heavy (non-hydrogen) atoms. The Balaban J connectivity index is 1.59. The molecule has 3 heterocycles. The number of rotatable bonds is 5. The van der Waals surface area contributed by atoms with Gasteiger partial charge in [-0.25, -0.2) is 9.37 Å². The van der Waals surface area contributed by atoms with E-state index in [0.717, 1.165) is 31.0 Å². The number of carbonyl (C=O) groups is 1. The van der Waals surface area contributed by atoms with Gasteiger partial charge in [0.05, 0.1) is 5.69 Å². The Labute approximate surface area is 162 Å². The van der Waals surface area contributed by atoms with Crippen molar-refractivity contribution >= 4 is 22.2 Å². The Hall–Kier alpha value is -2.25. The van der Waals surface area contributed by atoms with Crippen LogP contribution in [0.3, 0.4) is 0 Å². The molecule has 0 saturated carbocycles. The third kappa shape index (κ3) is 3.61. The van der Waals surface area contributed by atoms with Crippen LogP contribution in [0.4, 0.5) is 4.39 Å². The number of aromatic nitrogens is 2. The lowest BCUT2D eigenvalue weighted by Crippen LogP contribution is -2.36. The van der Waals surface area contributed by atoms with Gasteiger partial charge in [-0.3, -0.25) is 9.20 Å². The van der Waals surface area contributed by atoms with Gasteiger partial charge in [0, 0.05) is 36.8 Å². The number of thiazole rings is 1. The number of likely N-dealkylation sites (tertiary alicyclic amines) is 1. The van der Waals surface area contributed by atoms with E-state index in [9.17, 15) is 9.18 Å². The van der Waals surface area contributed by atoms with Crippen LogP contribution in [0.1, 0.15) is 23.8 Å². The SMILES string of the molecule is CCN(C[C@H]1CCN(C)C1)C(=O)c1csc2nc(-c3cccc(F)c3)cn12. The minimum atomic E-state index is -0.293. The molecule has 1 aliphatic rings. The molecule has 0 aliphatic carbocycles. The van der Waals surface area contributed by atoms with Gasteiger partial charge in [-0.15, -0.1) is 11.3 Å². The number of nitrogens with zero attached hydrogens (tertiary/aromatic N) is 4. The zero-order valence-corrected chi connectivity index (χ0v) is 16.4. The van der Waals surface area contributed by atoms with E-state index in [-0.39, 0.29) is 11.7 Å². The van der Waals surface area contributed by atoms with Gasteiger partial charge in [0.1, 0.15) is 11.5 Å². The Kier molecular flexibility index (Phi) is 4.97. The van der Waals surface area contributed by atoms with Gasteiger partial charge in [-0.05, 0) is 45.0 Å². The van der Waals surface area contributed by atoms with Gasteiger partial charge in [0.25, 0.3) is 5.91 Å². The van der Waals surface area contributed by atoms with Crippen LogP contribution in [0, 0.1) is 11.7 Å². The predicted octanol–water partition coefficient (Wildman–Crippen LogP) is 3.62. The van der Waals surface area contributed by atoms with Crippen LogP contribution in [0.2, 0.25) is 0 Å².